The van der Waals surface area contributed by atoms with Gasteiger partial charge in [0.15, 0.2) is 0 Å². The summed E-state index contributed by atoms with van der Waals surface area (Å²) in [7, 11) is -3.22. The van der Waals surface area contributed by atoms with E-state index in [0.717, 1.165) is 18.5 Å². The third-order valence-electron chi connectivity index (χ3n) is 3.76. The van der Waals surface area contributed by atoms with Crippen LogP contribution in [-0.4, -0.2) is 72.8 Å². The minimum absolute atomic E-state index is 0.120. The molecular formula is C14H23N3O3S. The summed E-state index contributed by atoms with van der Waals surface area (Å²) in [4.78, 5) is 6.04. The van der Waals surface area contributed by atoms with Gasteiger partial charge >= 0.3 is 0 Å². The Bertz CT molecular complexity index is 522. The van der Waals surface area contributed by atoms with Gasteiger partial charge in [0.25, 0.3) is 0 Å². The van der Waals surface area contributed by atoms with Crippen molar-refractivity contribution >= 4 is 10.0 Å². The van der Waals surface area contributed by atoms with Gasteiger partial charge < -0.3 is 5.11 Å². The summed E-state index contributed by atoms with van der Waals surface area (Å²) in [6, 6.07) is 3.70. The molecule has 2 rings (SSSR count). The maximum atomic E-state index is 12.4. The molecule has 0 unspecified atom stereocenters. The van der Waals surface area contributed by atoms with Crippen molar-refractivity contribution < 1.29 is 13.5 Å². The topological polar surface area (TPSA) is 73.7 Å². The van der Waals surface area contributed by atoms with Crippen molar-refractivity contribution in [3.05, 3.63) is 30.1 Å². The second-order valence-corrected chi connectivity index (χ2v) is 7.33. The molecule has 1 N–H and O–H groups in total. The largest absolute Gasteiger partial charge is 0.395 e. The lowest BCUT2D eigenvalue weighted by Gasteiger charge is -2.21. The smallest absolute Gasteiger partial charge is 0.214 e. The van der Waals surface area contributed by atoms with E-state index in [2.05, 4.69) is 9.88 Å². The Morgan fingerprint density at radius 2 is 1.90 bits per heavy atom. The second-order valence-electron chi connectivity index (χ2n) is 5.24. The van der Waals surface area contributed by atoms with Crippen molar-refractivity contribution in [3.8, 4) is 0 Å². The molecule has 1 fully saturated rings. The van der Waals surface area contributed by atoms with Gasteiger partial charge in [-0.15, -0.1) is 0 Å². The average molecular weight is 313 g/mol. The van der Waals surface area contributed by atoms with Crippen molar-refractivity contribution in [2.75, 3.05) is 45.1 Å². The number of sulfonamides is 1. The van der Waals surface area contributed by atoms with Gasteiger partial charge in [-0.2, -0.15) is 0 Å². The van der Waals surface area contributed by atoms with Crippen molar-refractivity contribution in [2.24, 2.45) is 0 Å². The molecule has 1 aliphatic rings. The molecular weight excluding hydrogens is 290 g/mol. The highest BCUT2D eigenvalue weighted by atomic mass is 32.2. The Kier molecular flexibility index (Phi) is 6.10. The van der Waals surface area contributed by atoms with Crippen LogP contribution in [0.4, 0.5) is 0 Å². The van der Waals surface area contributed by atoms with E-state index in [1.54, 1.807) is 16.7 Å². The third kappa shape index (κ3) is 5.03. The van der Waals surface area contributed by atoms with Crippen LogP contribution in [0, 0.1) is 0 Å². The molecule has 21 heavy (non-hydrogen) atoms. The maximum absolute atomic E-state index is 12.4. The molecule has 0 bridgehead atoms. The fourth-order valence-corrected chi connectivity index (χ4v) is 4.03. The minimum Gasteiger partial charge on any atom is -0.395 e. The summed E-state index contributed by atoms with van der Waals surface area (Å²) >= 11 is 0. The van der Waals surface area contributed by atoms with E-state index in [4.69, 9.17) is 5.11 Å². The third-order valence-corrected chi connectivity index (χ3v) is 5.63. The molecule has 0 spiro atoms. The predicted molar refractivity (Wildman–Crippen MR) is 81.4 cm³/mol. The first-order valence-electron chi connectivity index (χ1n) is 7.32. The number of aliphatic hydroxyl groups is 1. The van der Waals surface area contributed by atoms with Crippen LogP contribution in [0.5, 0.6) is 0 Å². The van der Waals surface area contributed by atoms with E-state index in [-0.39, 0.29) is 12.4 Å². The Labute approximate surface area is 126 Å². The lowest BCUT2D eigenvalue weighted by atomic mass is 10.2. The number of hydrogen-bond donors (Lipinski definition) is 1. The fourth-order valence-electron chi connectivity index (χ4n) is 2.52. The highest BCUT2D eigenvalue weighted by Crippen LogP contribution is 2.10. The van der Waals surface area contributed by atoms with Crippen LogP contribution in [0.15, 0.2) is 24.5 Å². The van der Waals surface area contributed by atoms with E-state index in [1.807, 2.05) is 12.1 Å². The lowest BCUT2D eigenvalue weighted by molar-refractivity contribution is 0.202. The zero-order chi connectivity index (χ0) is 15.1. The van der Waals surface area contributed by atoms with Crippen molar-refractivity contribution in [3.63, 3.8) is 0 Å². The Morgan fingerprint density at radius 3 is 2.62 bits per heavy atom. The maximum Gasteiger partial charge on any atom is 0.214 e. The van der Waals surface area contributed by atoms with Gasteiger partial charge in [-0.3, -0.25) is 9.88 Å². The molecule has 2 heterocycles. The lowest BCUT2D eigenvalue weighted by Crippen LogP contribution is -2.37. The Morgan fingerprint density at radius 1 is 1.14 bits per heavy atom. The molecule has 0 aliphatic carbocycles. The predicted octanol–water partition coefficient (Wildman–Crippen LogP) is -0.0461. The number of nitrogens with zero attached hydrogens (tertiary/aromatic N) is 3. The number of aliphatic hydroxyl groups excluding tert-OH is 1. The molecule has 1 aromatic rings. The number of pyridine rings is 1. The van der Waals surface area contributed by atoms with Gasteiger partial charge in [0, 0.05) is 38.6 Å². The average Bonchev–Trinajstić information content (AvgIpc) is 2.73. The quantitative estimate of drug-likeness (QED) is 0.797. The number of β-amino-alcohol motifs (C(OH)–C–C–N with tert-alkyl or cyclic N) is 1. The summed E-state index contributed by atoms with van der Waals surface area (Å²) in [5.74, 6) is 0.136. The van der Waals surface area contributed by atoms with Gasteiger partial charge in [0.05, 0.1) is 12.4 Å². The van der Waals surface area contributed by atoms with Gasteiger partial charge in [-0.1, -0.05) is 0 Å². The highest BCUT2D eigenvalue weighted by molar-refractivity contribution is 7.89. The monoisotopic (exact) mass is 313 g/mol. The van der Waals surface area contributed by atoms with Gasteiger partial charge in [-0.25, -0.2) is 12.7 Å². The summed E-state index contributed by atoms with van der Waals surface area (Å²) in [6.45, 7) is 3.35. The molecule has 0 radical (unpaired) electrons. The van der Waals surface area contributed by atoms with E-state index < -0.39 is 10.0 Å². The standard InChI is InChI=1S/C14H23N3O3S/c18-12-11-16-7-1-8-17(10-9-16)21(19,20)13-4-14-2-5-15-6-3-14/h2-3,5-6,18H,1,4,7-13H2. The number of aryl methyl sites for hydroxylation is 1. The van der Waals surface area contributed by atoms with Crippen LogP contribution in [0.25, 0.3) is 0 Å². The fraction of sp³-hybridized carbons (Fsp3) is 0.643. The first-order chi connectivity index (χ1) is 10.1. The van der Waals surface area contributed by atoms with Crippen LogP contribution < -0.4 is 0 Å². The van der Waals surface area contributed by atoms with Gasteiger partial charge in [0.1, 0.15) is 0 Å². The SMILES string of the molecule is O=S(=O)(CCc1ccncc1)N1CCCN(CCO)CC1. The van der Waals surface area contributed by atoms with Crippen molar-refractivity contribution in [1.82, 2.24) is 14.2 Å². The number of aromatic nitrogens is 1. The van der Waals surface area contributed by atoms with E-state index in [0.29, 0.717) is 32.6 Å². The van der Waals surface area contributed by atoms with Crippen LogP contribution >= 0.6 is 0 Å². The van der Waals surface area contributed by atoms with Gasteiger partial charge in [0.2, 0.25) is 10.0 Å². The molecule has 1 aliphatic heterocycles. The minimum atomic E-state index is -3.22. The second kappa shape index (κ2) is 7.84. The summed E-state index contributed by atoms with van der Waals surface area (Å²) < 4.78 is 26.4. The van der Waals surface area contributed by atoms with Crippen LogP contribution in [0.2, 0.25) is 0 Å². The normalized spacial score (nSPS) is 18.5. The molecule has 0 amide bonds. The molecule has 1 saturated heterocycles. The zero-order valence-electron chi connectivity index (χ0n) is 12.2. The number of hydrogen-bond acceptors (Lipinski definition) is 5. The molecule has 118 valence electrons. The first kappa shape index (κ1) is 16.4. The molecule has 0 atom stereocenters. The Hall–Kier alpha value is -1.02. The van der Waals surface area contributed by atoms with E-state index in [1.165, 1.54) is 0 Å². The first-order valence-corrected chi connectivity index (χ1v) is 8.93. The van der Waals surface area contributed by atoms with Crippen LogP contribution in [0.3, 0.4) is 0 Å². The molecule has 7 heteroatoms. The number of rotatable bonds is 6. The van der Waals surface area contributed by atoms with Crippen molar-refractivity contribution in [2.45, 2.75) is 12.8 Å². The molecule has 6 nitrogen and oxygen atoms in total. The molecule has 0 saturated carbocycles. The summed E-state index contributed by atoms with van der Waals surface area (Å²) in [6.07, 6.45) is 4.69. The van der Waals surface area contributed by atoms with E-state index in [9.17, 15) is 8.42 Å². The Balaban J connectivity index is 1.90. The molecule has 1 aromatic heterocycles. The van der Waals surface area contributed by atoms with E-state index >= 15 is 0 Å². The summed E-state index contributed by atoms with van der Waals surface area (Å²) in [5.41, 5.74) is 0.991. The zero-order valence-corrected chi connectivity index (χ0v) is 13.0. The van der Waals surface area contributed by atoms with Crippen LogP contribution in [-0.2, 0) is 16.4 Å². The van der Waals surface area contributed by atoms with Crippen molar-refractivity contribution in [1.29, 1.82) is 0 Å². The van der Waals surface area contributed by atoms with Gasteiger partial charge in [-0.05, 0) is 37.1 Å². The van der Waals surface area contributed by atoms with Crippen LogP contribution in [0.1, 0.15) is 12.0 Å². The summed E-state index contributed by atoms with van der Waals surface area (Å²) in [5, 5.41) is 8.97. The molecule has 0 aromatic carbocycles. The highest BCUT2D eigenvalue weighted by Gasteiger charge is 2.24.